The van der Waals surface area contributed by atoms with Gasteiger partial charge in [-0.3, -0.25) is 4.79 Å². The lowest BCUT2D eigenvalue weighted by Crippen LogP contribution is -2.21. The minimum Gasteiger partial charge on any atom is -0.322 e. The van der Waals surface area contributed by atoms with E-state index in [0.29, 0.717) is 5.13 Å². The Bertz CT molecular complexity index is 569. The molecule has 3 N–H and O–H groups in total. The second-order valence-electron chi connectivity index (χ2n) is 3.91. The van der Waals surface area contributed by atoms with Crippen LogP contribution in [-0.4, -0.2) is 23.7 Å². The van der Waals surface area contributed by atoms with Gasteiger partial charge in [0.1, 0.15) is 0 Å². The highest BCUT2D eigenvalue weighted by molar-refractivity contribution is 7.98. The molecule has 19 heavy (non-hydrogen) atoms. The lowest BCUT2D eigenvalue weighted by molar-refractivity contribution is -0.114. The molecule has 6 heteroatoms. The van der Waals surface area contributed by atoms with Gasteiger partial charge in [0, 0.05) is 22.4 Å². The van der Waals surface area contributed by atoms with Crippen molar-refractivity contribution in [1.29, 1.82) is 0 Å². The Morgan fingerprint density at radius 1 is 1.53 bits per heavy atom. The molecule has 0 atom stereocenters. The maximum Gasteiger partial charge on any atom is 0.239 e. The fraction of sp³-hybridized carbons (Fsp3) is 0.231. The van der Waals surface area contributed by atoms with Crippen LogP contribution in [-0.2, 0) is 11.2 Å². The summed E-state index contributed by atoms with van der Waals surface area (Å²) in [5, 5.41) is 3.26. The third-order valence-corrected chi connectivity index (χ3v) is 4.14. The van der Waals surface area contributed by atoms with Crippen LogP contribution >= 0.6 is 23.1 Å². The largest absolute Gasteiger partial charge is 0.322 e. The van der Waals surface area contributed by atoms with E-state index in [-0.39, 0.29) is 12.5 Å². The lowest BCUT2D eigenvalue weighted by Gasteiger charge is -2.01. The quantitative estimate of drug-likeness (QED) is 0.830. The van der Waals surface area contributed by atoms with E-state index < -0.39 is 0 Å². The molecule has 0 saturated carbocycles. The molecule has 1 heterocycles. The highest BCUT2D eigenvalue weighted by Gasteiger charge is 2.06. The van der Waals surface area contributed by atoms with Crippen LogP contribution < -0.4 is 11.1 Å². The number of carbonyl (C=O) groups excluding carboxylic acids is 1. The number of nitrogens with one attached hydrogen (secondary N) is 1. The standard InChI is InChI=1S/C13H15N3OS2/c1-18-10-4-2-3-9(5-10)6-11-8-15-13(19-11)16-12(17)7-14/h2-5,8H,6-7,14H2,1H3,(H,15,16,17). The van der Waals surface area contributed by atoms with Gasteiger partial charge in [-0.1, -0.05) is 12.1 Å². The SMILES string of the molecule is CSc1cccc(Cc2cnc(NC(=O)CN)s2)c1. The summed E-state index contributed by atoms with van der Waals surface area (Å²) in [6.45, 7) is -0.0231. The number of amides is 1. The molecule has 0 aliphatic rings. The summed E-state index contributed by atoms with van der Waals surface area (Å²) in [6, 6.07) is 8.41. The zero-order chi connectivity index (χ0) is 13.7. The van der Waals surface area contributed by atoms with Crippen LogP contribution in [0.5, 0.6) is 0 Å². The molecule has 100 valence electrons. The van der Waals surface area contributed by atoms with Gasteiger partial charge in [0.05, 0.1) is 6.54 Å². The Kier molecular flexibility index (Phi) is 4.95. The van der Waals surface area contributed by atoms with Crippen LogP contribution in [0.3, 0.4) is 0 Å². The van der Waals surface area contributed by atoms with E-state index in [2.05, 4.69) is 40.8 Å². The van der Waals surface area contributed by atoms with Gasteiger partial charge in [0.25, 0.3) is 0 Å². The second-order valence-corrected chi connectivity index (χ2v) is 5.91. The predicted molar refractivity (Wildman–Crippen MR) is 80.8 cm³/mol. The van der Waals surface area contributed by atoms with Crippen LogP contribution in [0.1, 0.15) is 10.4 Å². The average molecular weight is 293 g/mol. The number of aromatic nitrogens is 1. The normalized spacial score (nSPS) is 10.4. The zero-order valence-electron chi connectivity index (χ0n) is 10.6. The molecule has 0 spiro atoms. The first-order valence-electron chi connectivity index (χ1n) is 5.79. The number of thiazole rings is 1. The number of thioether (sulfide) groups is 1. The molecule has 2 aromatic rings. The zero-order valence-corrected chi connectivity index (χ0v) is 12.2. The number of nitrogens with zero attached hydrogens (tertiary/aromatic N) is 1. The van der Waals surface area contributed by atoms with Crippen LogP contribution in [0.2, 0.25) is 0 Å². The van der Waals surface area contributed by atoms with Gasteiger partial charge in [-0.15, -0.1) is 23.1 Å². The number of hydrogen-bond donors (Lipinski definition) is 2. The van der Waals surface area contributed by atoms with Gasteiger partial charge in [0.15, 0.2) is 5.13 Å². The molecule has 0 aliphatic carbocycles. The number of nitrogens with two attached hydrogens (primary N) is 1. The van der Waals surface area contributed by atoms with Gasteiger partial charge in [0.2, 0.25) is 5.91 Å². The molecule has 0 bridgehead atoms. The summed E-state index contributed by atoms with van der Waals surface area (Å²) in [5.74, 6) is -0.217. The summed E-state index contributed by atoms with van der Waals surface area (Å²) < 4.78 is 0. The van der Waals surface area contributed by atoms with E-state index in [4.69, 9.17) is 5.73 Å². The van der Waals surface area contributed by atoms with Gasteiger partial charge < -0.3 is 11.1 Å². The molecule has 0 aliphatic heterocycles. The number of anilines is 1. The molecule has 2 rings (SSSR count). The lowest BCUT2D eigenvalue weighted by atomic mass is 10.1. The molecule has 0 fully saturated rings. The molecular formula is C13H15N3OS2. The number of carbonyl (C=O) groups is 1. The van der Waals surface area contributed by atoms with Crippen molar-refractivity contribution in [3.63, 3.8) is 0 Å². The Balaban J connectivity index is 2.04. The fourth-order valence-corrected chi connectivity index (χ4v) is 2.95. The minimum atomic E-state index is -0.217. The molecule has 0 saturated heterocycles. The highest BCUT2D eigenvalue weighted by atomic mass is 32.2. The summed E-state index contributed by atoms with van der Waals surface area (Å²) in [4.78, 5) is 17.7. The van der Waals surface area contributed by atoms with E-state index in [9.17, 15) is 4.79 Å². The van der Waals surface area contributed by atoms with Crippen molar-refractivity contribution in [3.8, 4) is 0 Å². The van der Waals surface area contributed by atoms with Crippen LogP contribution in [0.15, 0.2) is 35.4 Å². The van der Waals surface area contributed by atoms with Crippen molar-refractivity contribution in [3.05, 3.63) is 40.9 Å². The van der Waals surface area contributed by atoms with Crippen molar-refractivity contribution in [2.24, 2.45) is 5.73 Å². The summed E-state index contributed by atoms with van der Waals surface area (Å²) >= 11 is 3.21. The second kappa shape index (κ2) is 6.70. The minimum absolute atomic E-state index is 0.0231. The van der Waals surface area contributed by atoms with E-state index >= 15 is 0 Å². The third kappa shape index (κ3) is 4.05. The average Bonchev–Trinajstić information content (AvgIpc) is 2.86. The summed E-state index contributed by atoms with van der Waals surface area (Å²) in [5.41, 5.74) is 6.49. The maximum absolute atomic E-state index is 11.2. The number of rotatable bonds is 5. The molecule has 1 aromatic carbocycles. The summed E-state index contributed by atoms with van der Waals surface area (Å²) in [6.07, 6.45) is 4.68. The molecule has 1 amide bonds. The van der Waals surface area contributed by atoms with E-state index in [0.717, 1.165) is 11.3 Å². The predicted octanol–water partition coefficient (Wildman–Crippen LogP) is 2.35. The van der Waals surface area contributed by atoms with Crippen LogP contribution in [0.25, 0.3) is 0 Å². The number of hydrogen-bond acceptors (Lipinski definition) is 5. The first kappa shape index (κ1) is 14.0. The van der Waals surface area contributed by atoms with Crippen molar-refractivity contribution < 1.29 is 4.79 Å². The monoisotopic (exact) mass is 293 g/mol. The maximum atomic E-state index is 11.2. The van der Waals surface area contributed by atoms with E-state index in [1.165, 1.54) is 21.8 Å². The Morgan fingerprint density at radius 2 is 2.37 bits per heavy atom. The summed E-state index contributed by atoms with van der Waals surface area (Å²) in [7, 11) is 0. The van der Waals surface area contributed by atoms with Crippen molar-refractivity contribution >= 4 is 34.1 Å². The molecule has 0 radical (unpaired) electrons. The van der Waals surface area contributed by atoms with E-state index in [1.54, 1.807) is 18.0 Å². The molecule has 4 nitrogen and oxygen atoms in total. The van der Waals surface area contributed by atoms with E-state index in [1.807, 2.05) is 0 Å². The highest BCUT2D eigenvalue weighted by Crippen LogP contribution is 2.23. The molecule has 1 aromatic heterocycles. The Hall–Kier alpha value is -1.37. The Labute approximate surface area is 120 Å². The third-order valence-electron chi connectivity index (χ3n) is 2.50. The van der Waals surface area contributed by atoms with Gasteiger partial charge in [-0.05, 0) is 24.0 Å². The van der Waals surface area contributed by atoms with Crippen LogP contribution in [0, 0.1) is 0 Å². The van der Waals surface area contributed by atoms with Crippen molar-refractivity contribution in [2.75, 3.05) is 18.1 Å². The van der Waals surface area contributed by atoms with Gasteiger partial charge >= 0.3 is 0 Å². The Morgan fingerprint density at radius 3 is 3.11 bits per heavy atom. The van der Waals surface area contributed by atoms with Gasteiger partial charge in [-0.2, -0.15) is 0 Å². The van der Waals surface area contributed by atoms with Gasteiger partial charge in [-0.25, -0.2) is 4.98 Å². The molecule has 0 unspecified atom stereocenters. The topological polar surface area (TPSA) is 68.0 Å². The fourth-order valence-electron chi connectivity index (χ4n) is 1.60. The smallest absolute Gasteiger partial charge is 0.239 e. The van der Waals surface area contributed by atoms with Crippen molar-refractivity contribution in [1.82, 2.24) is 4.98 Å². The van der Waals surface area contributed by atoms with Crippen molar-refractivity contribution in [2.45, 2.75) is 11.3 Å². The van der Waals surface area contributed by atoms with Crippen LogP contribution in [0.4, 0.5) is 5.13 Å². The number of benzene rings is 1. The molecular weight excluding hydrogens is 278 g/mol. The first-order chi connectivity index (χ1) is 9.21. The first-order valence-corrected chi connectivity index (χ1v) is 7.83.